The van der Waals surface area contributed by atoms with Gasteiger partial charge in [-0.2, -0.15) is 0 Å². The zero-order chi connectivity index (χ0) is 50.7. The fourth-order valence-electron chi connectivity index (χ4n) is 8.47. The maximum Gasteiger partial charge on any atom is 0.306 e. The third-order valence-corrected chi connectivity index (χ3v) is 12.9. The van der Waals surface area contributed by atoms with E-state index in [4.69, 9.17) is 14.2 Å². The predicted octanol–water partition coefficient (Wildman–Crippen LogP) is 20.2. The highest BCUT2D eigenvalue weighted by molar-refractivity contribution is 5.71. The average Bonchev–Trinajstić information content (AvgIpc) is 3.36. The Labute approximate surface area is 433 Å². The third-order valence-electron chi connectivity index (χ3n) is 12.9. The summed E-state index contributed by atoms with van der Waals surface area (Å²) in [5.41, 5.74) is 0. The normalized spacial score (nSPS) is 12.6. The second-order valence-electron chi connectivity index (χ2n) is 19.9. The molecule has 6 nitrogen and oxygen atoms in total. The maximum atomic E-state index is 12.9. The van der Waals surface area contributed by atoms with E-state index in [0.717, 1.165) is 96.3 Å². The fourth-order valence-corrected chi connectivity index (χ4v) is 8.47. The van der Waals surface area contributed by atoms with E-state index < -0.39 is 6.10 Å². The van der Waals surface area contributed by atoms with Crippen molar-refractivity contribution in [2.24, 2.45) is 0 Å². The first kappa shape index (κ1) is 66.9. The molecular weight excluding hydrogens is 865 g/mol. The van der Waals surface area contributed by atoms with Gasteiger partial charge in [0, 0.05) is 19.3 Å². The second-order valence-corrected chi connectivity index (χ2v) is 19.9. The van der Waals surface area contributed by atoms with E-state index in [0.29, 0.717) is 19.3 Å². The molecule has 0 aromatic heterocycles. The summed E-state index contributed by atoms with van der Waals surface area (Å²) in [6.45, 7) is 6.52. The quantitative estimate of drug-likeness (QED) is 0.0261. The molecule has 0 rings (SSSR count). The lowest BCUT2D eigenvalue weighted by Gasteiger charge is -2.18. The number of carbonyl (C=O) groups is 3. The Morgan fingerprint density at radius 2 is 0.557 bits per heavy atom. The van der Waals surface area contributed by atoms with Gasteiger partial charge in [0.2, 0.25) is 0 Å². The zero-order valence-corrected chi connectivity index (χ0v) is 46.3. The van der Waals surface area contributed by atoms with Crippen LogP contribution in [0.15, 0.2) is 72.9 Å². The van der Waals surface area contributed by atoms with Crippen molar-refractivity contribution in [1.82, 2.24) is 0 Å². The summed E-state index contributed by atoms with van der Waals surface area (Å²) in [6, 6.07) is 0. The van der Waals surface area contributed by atoms with Crippen LogP contribution in [0.4, 0.5) is 0 Å². The molecule has 0 aromatic rings. The summed E-state index contributed by atoms with van der Waals surface area (Å²) < 4.78 is 16.9. The molecule has 1 atom stereocenters. The van der Waals surface area contributed by atoms with Gasteiger partial charge in [-0.05, 0) is 89.9 Å². The Bertz CT molecular complexity index is 1310. The molecule has 0 aliphatic heterocycles. The Balaban J connectivity index is 4.41. The van der Waals surface area contributed by atoms with Gasteiger partial charge in [-0.3, -0.25) is 14.4 Å². The number of rotatable bonds is 54. The van der Waals surface area contributed by atoms with Crippen LogP contribution in [0, 0.1) is 0 Å². The van der Waals surface area contributed by atoms with E-state index >= 15 is 0 Å². The number of unbranched alkanes of at least 4 members (excludes halogenated alkanes) is 31. The monoisotopic (exact) mass is 977 g/mol. The first-order chi connectivity index (χ1) is 34.5. The topological polar surface area (TPSA) is 78.9 Å². The van der Waals surface area contributed by atoms with Gasteiger partial charge in [0.25, 0.3) is 0 Å². The number of carbonyl (C=O) groups excluding carboxylic acids is 3. The molecule has 1 unspecified atom stereocenters. The summed E-state index contributed by atoms with van der Waals surface area (Å²) in [5.74, 6) is -0.907. The van der Waals surface area contributed by atoms with Crippen molar-refractivity contribution in [1.29, 1.82) is 0 Å². The van der Waals surface area contributed by atoms with Crippen LogP contribution in [0.3, 0.4) is 0 Å². The molecule has 0 fully saturated rings. The number of hydrogen-bond donors (Lipinski definition) is 0. The van der Waals surface area contributed by atoms with Gasteiger partial charge in [-0.1, -0.05) is 261 Å². The highest BCUT2D eigenvalue weighted by atomic mass is 16.6. The minimum atomic E-state index is -0.789. The second kappa shape index (κ2) is 58.4. The maximum absolute atomic E-state index is 12.9. The van der Waals surface area contributed by atoms with Crippen LogP contribution in [-0.2, 0) is 28.6 Å². The smallest absolute Gasteiger partial charge is 0.306 e. The van der Waals surface area contributed by atoms with Crippen molar-refractivity contribution in [3.63, 3.8) is 0 Å². The summed E-state index contributed by atoms with van der Waals surface area (Å²) in [6.07, 6.45) is 74.6. The lowest BCUT2D eigenvalue weighted by molar-refractivity contribution is -0.167. The van der Waals surface area contributed by atoms with E-state index in [9.17, 15) is 14.4 Å². The summed E-state index contributed by atoms with van der Waals surface area (Å²) >= 11 is 0. The number of esters is 3. The SMILES string of the molecule is CC/C=C\C/C=C\C/C=C\C/C=C\C/C=C\CCCCCC(=O)OCC(COC(=O)CCCCCCCCCCCCCCCC)OC(=O)CCCCCCCCCCC/C=C\CCCCCCCC. The van der Waals surface area contributed by atoms with Crippen molar-refractivity contribution < 1.29 is 28.6 Å². The predicted molar refractivity (Wildman–Crippen MR) is 302 cm³/mol. The Hall–Kier alpha value is -3.15. The Morgan fingerprint density at radius 3 is 0.900 bits per heavy atom. The molecule has 0 spiro atoms. The van der Waals surface area contributed by atoms with Crippen LogP contribution < -0.4 is 0 Å². The summed E-state index contributed by atoms with van der Waals surface area (Å²) in [5, 5.41) is 0. The van der Waals surface area contributed by atoms with Gasteiger partial charge in [0.1, 0.15) is 13.2 Å². The van der Waals surface area contributed by atoms with Gasteiger partial charge in [0.05, 0.1) is 0 Å². The van der Waals surface area contributed by atoms with E-state index in [1.807, 2.05) is 0 Å². The molecule has 0 N–H and O–H groups in total. The molecule has 404 valence electrons. The van der Waals surface area contributed by atoms with E-state index in [-0.39, 0.29) is 31.1 Å². The summed E-state index contributed by atoms with van der Waals surface area (Å²) in [4.78, 5) is 38.2. The Kier molecular flexibility index (Phi) is 55.8. The van der Waals surface area contributed by atoms with Gasteiger partial charge in [-0.25, -0.2) is 0 Å². The standard InChI is InChI=1S/C64H112O6/c1-4-7-10-13-16-19-22-25-28-30-32-34-36-39-42-45-48-51-54-57-63(66)69-60-61(59-68-62(65)56-53-50-47-44-41-38-27-24-21-18-15-12-9-6-3)70-64(67)58-55-52-49-46-43-40-37-35-33-31-29-26-23-20-17-14-11-8-5-2/h7,10,16,19,25-26,28-29,32,34,39,42,61H,4-6,8-9,11-15,17-18,20-24,27,30-31,33,35-38,40-41,43-60H2,1-3H3/b10-7-,19-16-,28-25-,29-26-,34-32-,42-39-. The molecule has 0 bridgehead atoms. The van der Waals surface area contributed by atoms with Crippen molar-refractivity contribution in [2.45, 2.75) is 303 Å². The highest BCUT2D eigenvalue weighted by Crippen LogP contribution is 2.16. The lowest BCUT2D eigenvalue weighted by atomic mass is 10.0. The molecule has 0 aromatic carbocycles. The summed E-state index contributed by atoms with van der Waals surface area (Å²) in [7, 11) is 0. The third kappa shape index (κ3) is 55.8. The first-order valence-electron chi connectivity index (χ1n) is 29.9. The highest BCUT2D eigenvalue weighted by Gasteiger charge is 2.19. The molecule has 70 heavy (non-hydrogen) atoms. The first-order valence-corrected chi connectivity index (χ1v) is 29.9. The van der Waals surface area contributed by atoms with Gasteiger partial charge < -0.3 is 14.2 Å². The van der Waals surface area contributed by atoms with Crippen molar-refractivity contribution in [2.75, 3.05) is 13.2 Å². The van der Waals surface area contributed by atoms with Crippen molar-refractivity contribution >= 4 is 17.9 Å². The molecule has 0 aliphatic carbocycles. The average molecular weight is 978 g/mol. The van der Waals surface area contributed by atoms with E-state index in [2.05, 4.69) is 93.7 Å². The molecule has 0 saturated carbocycles. The molecule has 0 radical (unpaired) electrons. The minimum absolute atomic E-state index is 0.0841. The number of hydrogen-bond acceptors (Lipinski definition) is 6. The fraction of sp³-hybridized carbons (Fsp3) is 0.766. The molecule has 0 saturated heterocycles. The van der Waals surface area contributed by atoms with Crippen LogP contribution in [0.2, 0.25) is 0 Å². The van der Waals surface area contributed by atoms with Gasteiger partial charge in [-0.15, -0.1) is 0 Å². The van der Waals surface area contributed by atoms with Gasteiger partial charge in [0.15, 0.2) is 6.10 Å². The number of allylic oxidation sites excluding steroid dienone is 12. The van der Waals surface area contributed by atoms with Crippen LogP contribution in [0.1, 0.15) is 297 Å². The molecule has 0 amide bonds. The Morgan fingerprint density at radius 1 is 0.300 bits per heavy atom. The number of ether oxygens (including phenoxy) is 3. The van der Waals surface area contributed by atoms with Crippen molar-refractivity contribution in [3.05, 3.63) is 72.9 Å². The van der Waals surface area contributed by atoms with Crippen LogP contribution in [0.5, 0.6) is 0 Å². The van der Waals surface area contributed by atoms with Crippen molar-refractivity contribution in [3.8, 4) is 0 Å². The largest absolute Gasteiger partial charge is 0.462 e. The molecular formula is C64H112O6. The minimum Gasteiger partial charge on any atom is -0.462 e. The van der Waals surface area contributed by atoms with E-state index in [1.54, 1.807) is 0 Å². The van der Waals surface area contributed by atoms with Crippen LogP contribution in [0.25, 0.3) is 0 Å². The van der Waals surface area contributed by atoms with Crippen LogP contribution in [-0.4, -0.2) is 37.2 Å². The lowest BCUT2D eigenvalue weighted by Crippen LogP contribution is -2.30. The van der Waals surface area contributed by atoms with Gasteiger partial charge >= 0.3 is 17.9 Å². The van der Waals surface area contributed by atoms with E-state index in [1.165, 1.54) is 161 Å². The zero-order valence-electron chi connectivity index (χ0n) is 46.3. The molecule has 0 heterocycles. The molecule has 6 heteroatoms. The molecule has 0 aliphatic rings. The van der Waals surface area contributed by atoms with Crippen LogP contribution >= 0.6 is 0 Å².